The number of carboxylic acids is 1. The summed E-state index contributed by atoms with van der Waals surface area (Å²) < 4.78 is 0. The van der Waals surface area contributed by atoms with Gasteiger partial charge in [-0.2, -0.15) is 0 Å². The fraction of sp³-hybridized carbons (Fsp3) is 0.467. The van der Waals surface area contributed by atoms with Crippen molar-refractivity contribution in [1.29, 1.82) is 0 Å². The van der Waals surface area contributed by atoms with E-state index in [1.54, 1.807) is 24.3 Å². The maximum atomic E-state index is 11.8. The number of halogens is 1. The molecule has 0 aliphatic heterocycles. The fourth-order valence-corrected chi connectivity index (χ4v) is 1.93. The first kappa shape index (κ1) is 16.5. The molecule has 2 N–H and O–H groups in total. The third-order valence-corrected chi connectivity index (χ3v) is 3.19. The van der Waals surface area contributed by atoms with Gasteiger partial charge in [-0.05, 0) is 30.0 Å². The SMILES string of the molecule is CC(C)CCC(=O)N[C@@H](CC(=O)O)c1ccc(Cl)cc1. The van der Waals surface area contributed by atoms with E-state index >= 15 is 0 Å². The van der Waals surface area contributed by atoms with Gasteiger partial charge in [-0.25, -0.2) is 0 Å². The van der Waals surface area contributed by atoms with E-state index in [2.05, 4.69) is 5.32 Å². The van der Waals surface area contributed by atoms with Crippen LogP contribution in [0.15, 0.2) is 24.3 Å². The van der Waals surface area contributed by atoms with Crippen LogP contribution in [-0.2, 0) is 9.59 Å². The van der Waals surface area contributed by atoms with Gasteiger partial charge in [0.05, 0.1) is 12.5 Å². The summed E-state index contributed by atoms with van der Waals surface area (Å²) in [6.45, 7) is 4.09. The van der Waals surface area contributed by atoms with Gasteiger partial charge in [0, 0.05) is 11.4 Å². The van der Waals surface area contributed by atoms with Crippen molar-refractivity contribution in [1.82, 2.24) is 5.32 Å². The van der Waals surface area contributed by atoms with Gasteiger partial charge in [-0.15, -0.1) is 0 Å². The van der Waals surface area contributed by atoms with Crippen LogP contribution in [0.3, 0.4) is 0 Å². The van der Waals surface area contributed by atoms with Crippen LogP contribution in [0.1, 0.15) is 44.7 Å². The molecule has 20 heavy (non-hydrogen) atoms. The van der Waals surface area contributed by atoms with Gasteiger partial charge in [-0.3, -0.25) is 9.59 Å². The van der Waals surface area contributed by atoms with E-state index in [9.17, 15) is 9.59 Å². The Morgan fingerprint density at radius 2 is 1.85 bits per heavy atom. The molecule has 1 aromatic rings. The predicted octanol–water partition coefficient (Wildman–Crippen LogP) is 3.41. The molecule has 0 aliphatic carbocycles. The van der Waals surface area contributed by atoms with Gasteiger partial charge in [0.15, 0.2) is 0 Å². The molecule has 0 unspecified atom stereocenters. The Labute approximate surface area is 124 Å². The molecule has 0 saturated heterocycles. The highest BCUT2D eigenvalue weighted by Gasteiger charge is 2.18. The van der Waals surface area contributed by atoms with Crippen molar-refractivity contribution in [2.75, 3.05) is 0 Å². The third-order valence-electron chi connectivity index (χ3n) is 2.94. The number of carboxylic acid groups (broad SMARTS) is 1. The minimum Gasteiger partial charge on any atom is -0.481 e. The molecule has 1 amide bonds. The van der Waals surface area contributed by atoms with Crippen molar-refractivity contribution in [2.45, 2.75) is 39.2 Å². The Hall–Kier alpha value is -1.55. The molecule has 0 heterocycles. The molecule has 0 bridgehead atoms. The number of hydrogen-bond donors (Lipinski definition) is 2. The standard InChI is InChI=1S/C15H20ClNO3/c1-10(2)3-8-14(18)17-13(9-15(19)20)11-4-6-12(16)7-5-11/h4-7,10,13H,3,8-9H2,1-2H3,(H,17,18)(H,19,20)/t13-/m0/s1. The number of aliphatic carboxylic acids is 1. The van der Waals surface area contributed by atoms with E-state index in [-0.39, 0.29) is 12.3 Å². The number of carbonyl (C=O) groups excluding carboxylic acids is 1. The van der Waals surface area contributed by atoms with Crippen molar-refractivity contribution in [3.05, 3.63) is 34.9 Å². The summed E-state index contributed by atoms with van der Waals surface area (Å²) in [5, 5.41) is 12.3. The first-order chi connectivity index (χ1) is 9.38. The van der Waals surface area contributed by atoms with Gasteiger partial charge in [0.2, 0.25) is 5.91 Å². The van der Waals surface area contributed by atoms with Gasteiger partial charge in [0.1, 0.15) is 0 Å². The summed E-state index contributed by atoms with van der Waals surface area (Å²) in [6.07, 6.45) is 1.04. The Morgan fingerprint density at radius 1 is 1.25 bits per heavy atom. The number of amides is 1. The van der Waals surface area contributed by atoms with E-state index in [1.807, 2.05) is 13.8 Å². The number of benzene rings is 1. The molecule has 1 aromatic carbocycles. The average molecular weight is 298 g/mol. The second-order valence-corrected chi connectivity index (χ2v) is 5.64. The minimum atomic E-state index is -0.950. The molecular formula is C15H20ClNO3. The second-order valence-electron chi connectivity index (χ2n) is 5.20. The molecule has 0 saturated carbocycles. The van der Waals surface area contributed by atoms with Gasteiger partial charge in [0.25, 0.3) is 0 Å². The first-order valence-corrected chi connectivity index (χ1v) is 7.03. The summed E-state index contributed by atoms with van der Waals surface area (Å²) in [7, 11) is 0. The van der Waals surface area contributed by atoms with Crippen LogP contribution in [0.5, 0.6) is 0 Å². The smallest absolute Gasteiger partial charge is 0.305 e. The number of nitrogens with one attached hydrogen (secondary N) is 1. The molecule has 1 rings (SSSR count). The zero-order chi connectivity index (χ0) is 15.1. The van der Waals surface area contributed by atoms with Crippen LogP contribution in [0.2, 0.25) is 5.02 Å². The van der Waals surface area contributed by atoms with Crippen LogP contribution in [0, 0.1) is 5.92 Å². The van der Waals surface area contributed by atoms with Crippen molar-refractivity contribution < 1.29 is 14.7 Å². The number of hydrogen-bond acceptors (Lipinski definition) is 2. The molecule has 0 spiro atoms. The van der Waals surface area contributed by atoms with E-state index in [0.717, 1.165) is 12.0 Å². The molecule has 0 radical (unpaired) electrons. The fourth-order valence-electron chi connectivity index (χ4n) is 1.81. The Bertz CT molecular complexity index is 457. The van der Waals surface area contributed by atoms with E-state index in [1.165, 1.54) is 0 Å². The molecule has 0 aromatic heterocycles. The second kappa shape index (κ2) is 7.90. The number of rotatable bonds is 7. The Balaban J connectivity index is 2.71. The summed E-state index contributed by atoms with van der Waals surface area (Å²) in [4.78, 5) is 22.8. The summed E-state index contributed by atoms with van der Waals surface area (Å²) in [6, 6.07) is 6.32. The largest absolute Gasteiger partial charge is 0.481 e. The van der Waals surface area contributed by atoms with Crippen LogP contribution < -0.4 is 5.32 Å². The van der Waals surface area contributed by atoms with Crippen molar-refractivity contribution in [2.24, 2.45) is 5.92 Å². The minimum absolute atomic E-state index is 0.125. The topological polar surface area (TPSA) is 66.4 Å². The molecule has 110 valence electrons. The van der Waals surface area contributed by atoms with Crippen molar-refractivity contribution in [3.63, 3.8) is 0 Å². The molecular weight excluding hydrogens is 278 g/mol. The zero-order valence-corrected chi connectivity index (χ0v) is 12.5. The van der Waals surface area contributed by atoms with Gasteiger partial charge < -0.3 is 10.4 Å². The van der Waals surface area contributed by atoms with Crippen LogP contribution in [0.25, 0.3) is 0 Å². The van der Waals surface area contributed by atoms with E-state index in [0.29, 0.717) is 17.4 Å². The quantitative estimate of drug-likeness (QED) is 0.810. The Morgan fingerprint density at radius 3 is 2.35 bits per heavy atom. The zero-order valence-electron chi connectivity index (χ0n) is 11.7. The van der Waals surface area contributed by atoms with Crippen LogP contribution in [0.4, 0.5) is 0 Å². The summed E-state index contributed by atoms with van der Waals surface area (Å²) in [5.41, 5.74) is 0.745. The first-order valence-electron chi connectivity index (χ1n) is 6.65. The highest BCUT2D eigenvalue weighted by molar-refractivity contribution is 6.30. The highest BCUT2D eigenvalue weighted by Crippen LogP contribution is 2.20. The lowest BCUT2D eigenvalue weighted by Gasteiger charge is -2.18. The summed E-state index contributed by atoms with van der Waals surface area (Å²) in [5.74, 6) is -0.636. The average Bonchev–Trinajstić information content (AvgIpc) is 2.36. The molecule has 0 aliphatic rings. The number of carbonyl (C=O) groups is 2. The predicted molar refractivity (Wildman–Crippen MR) is 78.7 cm³/mol. The molecule has 1 atom stereocenters. The van der Waals surface area contributed by atoms with Crippen LogP contribution >= 0.6 is 11.6 Å². The summed E-state index contributed by atoms with van der Waals surface area (Å²) >= 11 is 5.81. The van der Waals surface area contributed by atoms with Crippen molar-refractivity contribution >= 4 is 23.5 Å². The van der Waals surface area contributed by atoms with Gasteiger partial charge >= 0.3 is 5.97 Å². The van der Waals surface area contributed by atoms with Crippen LogP contribution in [-0.4, -0.2) is 17.0 Å². The van der Waals surface area contributed by atoms with Gasteiger partial charge in [-0.1, -0.05) is 37.6 Å². The highest BCUT2D eigenvalue weighted by atomic mass is 35.5. The molecule has 5 heteroatoms. The third kappa shape index (κ3) is 6.06. The maximum absolute atomic E-state index is 11.8. The lowest BCUT2D eigenvalue weighted by Crippen LogP contribution is -2.30. The molecule has 0 fully saturated rings. The van der Waals surface area contributed by atoms with E-state index < -0.39 is 12.0 Å². The monoisotopic (exact) mass is 297 g/mol. The van der Waals surface area contributed by atoms with E-state index in [4.69, 9.17) is 16.7 Å². The normalized spacial score (nSPS) is 12.2. The lowest BCUT2D eigenvalue weighted by atomic mass is 10.0. The molecule has 4 nitrogen and oxygen atoms in total. The lowest BCUT2D eigenvalue weighted by molar-refractivity contribution is -0.137. The van der Waals surface area contributed by atoms with Crippen molar-refractivity contribution in [3.8, 4) is 0 Å². The Kier molecular flexibility index (Phi) is 6.52. The maximum Gasteiger partial charge on any atom is 0.305 e.